The van der Waals surface area contributed by atoms with Crippen LogP contribution in [0, 0.1) is 11.6 Å². The Morgan fingerprint density at radius 1 is 1.15 bits per heavy atom. The van der Waals surface area contributed by atoms with Crippen LogP contribution in [0.5, 0.6) is 0 Å². The van der Waals surface area contributed by atoms with Crippen LogP contribution in [0.25, 0.3) is 0 Å². The van der Waals surface area contributed by atoms with E-state index < -0.39 is 17.5 Å². The van der Waals surface area contributed by atoms with Gasteiger partial charge in [-0.1, -0.05) is 6.07 Å². The summed E-state index contributed by atoms with van der Waals surface area (Å²) < 4.78 is 26.9. The maximum absolute atomic E-state index is 13.8. The van der Waals surface area contributed by atoms with Gasteiger partial charge in [0.25, 0.3) is 0 Å². The van der Waals surface area contributed by atoms with Crippen LogP contribution in [0.3, 0.4) is 0 Å². The molecule has 6 heteroatoms. The summed E-state index contributed by atoms with van der Waals surface area (Å²) >= 11 is 1.22. The molecule has 0 bridgehead atoms. The summed E-state index contributed by atoms with van der Waals surface area (Å²) in [6.45, 7) is 0. The number of nitrogens with two attached hydrogens (primary N) is 2. The van der Waals surface area contributed by atoms with Crippen LogP contribution < -0.4 is 11.5 Å². The lowest BCUT2D eigenvalue weighted by molar-refractivity contribution is 0.1000. The lowest BCUT2D eigenvalue weighted by Gasteiger charge is -2.07. The molecule has 0 aliphatic carbocycles. The number of thioether (sulfide) groups is 1. The SMILES string of the molecule is NC(=O)c1ccc(CSc2cc(F)ccc2N)c(F)c1. The molecule has 0 heterocycles. The smallest absolute Gasteiger partial charge is 0.248 e. The molecule has 0 atom stereocenters. The molecular formula is C14H12F2N2OS. The number of nitrogen functional groups attached to an aromatic ring is 1. The highest BCUT2D eigenvalue weighted by Crippen LogP contribution is 2.29. The summed E-state index contributed by atoms with van der Waals surface area (Å²) in [5.41, 5.74) is 11.7. The van der Waals surface area contributed by atoms with E-state index in [9.17, 15) is 13.6 Å². The van der Waals surface area contributed by atoms with E-state index >= 15 is 0 Å². The molecule has 2 aromatic rings. The molecule has 0 aliphatic rings. The van der Waals surface area contributed by atoms with Gasteiger partial charge in [-0.25, -0.2) is 8.78 Å². The van der Waals surface area contributed by atoms with Crippen molar-refractivity contribution in [2.24, 2.45) is 5.73 Å². The van der Waals surface area contributed by atoms with Crippen LogP contribution in [0.2, 0.25) is 0 Å². The number of hydrogen-bond acceptors (Lipinski definition) is 3. The number of halogens is 2. The standard InChI is InChI=1S/C14H12F2N2OS/c15-10-3-4-12(17)13(6-10)20-7-9-2-1-8(14(18)19)5-11(9)16/h1-6H,7,17H2,(H2,18,19). The molecule has 0 fully saturated rings. The second-order valence-electron chi connectivity index (χ2n) is 4.14. The Balaban J connectivity index is 2.15. The molecule has 104 valence electrons. The van der Waals surface area contributed by atoms with Crippen LogP contribution in [0.15, 0.2) is 41.3 Å². The van der Waals surface area contributed by atoms with E-state index in [0.29, 0.717) is 16.1 Å². The number of primary amides is 1. The van der Waals surface area contributed by atoms with Gasteiger partial charge >= 0.3 is 0 Å². The fraction of sp³-hybridized carbons (Fsp3) is 0.0714. The monoisotopic (exact) mass is 294 g/mol. The molecule has 0 spiro atoms. The van der Waals surface area contributed by atoms with E-state index in [4.69, 9.17) is 11.5 Å². The van der Waals surface area contributed by atoms with Crippen LogP contribution in [0.4, 0.5) is 14.5 Å². The molecule has 1 amide bonds. The van der Waals surface area contributed by atoms with Gasteiger partial charge in [0.2, 0.25) is 5.91 Å². The van der Waals surface area contributed by atoms with Crippen molar-refractivity contribution < 1.29 is 13.6 Å². The van der Waals surface area contributed by atoms with Crippen molar-refractivity contribution in [3.05, 3.63) is 59.2 Å². The molecule has 2 aromatic carbocycles. The van der Waals surface area contributed by atoms with Crippen molar-refractivity contribution in [2.45, 2.75) is 10.6 Å². The number of hydrogen-bond donors (Lipinski definition) is 2. The Labute approximate surface area is 119 Å². The lowest BCUT2D eigenvalue weighted by Crippen LogP contribution is -2.11. The Kier molecular flexibility index (Phi) is 4.24. The molecule has 0 saturated heterocycles. The van der Waals surface area contributed by atoms with Crippen molar-refractivity contribution in [3.8, 4) is 0 Å². The van der Waals surface area contributed by atoms with E-state index in [1.807, 2.05) is 0 Å². The minimum Gasteiger partial charge on any atom is -0.398 e. The predicted octanol–water partition coefficient (Wildman–Crippen LogP) is 2.94. The predicted molar refractivity (Wildman–Crippen MR) is 75.3 cm³/mol. The van der Waals surface area contributed by atoms with E-state index in [2.05, 4.69) is 0 Å². The fourth-order valence-electron chi connectivity index (χ4n) is 1.61. The number of benzene rings is 2. The molecule has 0 aromatic heterocycles. The van der Waals surface area contributed by atoms with Gasteiger partial charge in [-0.05, 0) is 35.9 Å². The molecule has 0 saturated carbocycles. The molecule has 0 aliphatic heterocycles. The summed E-state index contributed by atoms with van der Waals surface area (Å²) in [6, 6.07) is 8.06. The largest absolute Gasteiger partial charge is 0.398 e. The van der Waals surface area contributed by atoms with Gasteiger partial charge in [-0.15, -0.1) is 11.8 Å². The third kappa shape index (κ3) is 3.27. The van der Waals surface area contributed by atoms with Crippen LogP contribution in [0.1, 0.15) is 15.9 Å². The van der Waals surface area contributed by atoms with Crippen LogP contribution in [-0.4, -0.2) is 5.91 Å². The van der Waals surface area contributed by atoms with Gasteiger partial charge in [-0.2, -0.15) is 0 Å². The Morgan fingerprint density at radius 3 is 2.55 bits per heavy atom. The zero-order valence-corrected chi connectivity index (χ0v) is 11.2. The summed E-state index contributed by atoms with van der Waals surface area (Å²) in [4.78, 5) is 11.5. The van der Waals surface area contributed by atoms with Gasteiger partial charge in [0.05, 0.1) is 0 Å². The van der Waals surface area contributed by atoms with Crippen molar-refractivity contribution in [2.75, 3.05) is 5.73 Å². The fourth-order valence-corrected chi connectivity index (χ4v) is 2.58. The Bertz CT molecular complexity index is 662. The topological polar surface area (TPSA) is 69.1 Å². The number of anilines is 1. The van der Waals surface area contributed by atoms with Gasteiger partial charge < -0.3 is 11.5 Å². The third-order valence-corrected chi connectivity index (χ3v) is 3.82. The molecule has 3 nitrogen and oxygen atoms in total. The molecule has 4 N–H and O–H groups in total. The third-order valence-electron chi connectivity index (χ3n) is 2.70. The highest BCUT2D eigenvalue weighted by atomic mass is 32.2. The number of carbonyl (C=O) groups excluding carboxylic acids is 1. The van der Waals surface area contributed by atoms with Crippen molar-refractivity contribution in [1.29, 1.82) is 0 Å². The quantitative estimate of drug-likeness (QED) is 0.673. The summed E-state index contributed by atoms with van der Waals surface area (Å²) in [5, 5.41) is 0. The zero-order valence-electron chi connectivity index (χ0n) is 10.4. The number of carbonyl (C=O) groups is 1. The van der Waals surface area contributed by atoms with E-state index in [1.54, 1.807) is 0 Å². The van der Waals surface area contributed by atoms with Gasteiger partial charge in [0, 0.05) is 21.9 Å². The minimum absolute atomic E-state index is 0.113. The Morgan fingerprint density at radius 2 is 1.90 bits per heavy atom. The first kappa shape index (κ1) is 14.3. The highest BCUT2D eigenvalue weighted by Gasteiger charge is 2.09. The van der Waals surface area contributed by atoms with Crippen molar-refractivity contribution in [1.82, 2.24) is 0 Å². The van der Waals surface area contributed by atoms with E-state index in [-0.39, 0.29) is 11.3 Å². The number of amides is 1. The minimum atomic E-state index is -0.683. The second-order valence-corrected chi connectivity index (χ2v) is 5.16. The molecule has 0 unspecified atom stereocenters. The molecular weight excluding hydrogens is 282 g/mol. The Hall–Kier alpha value is -2.08. The molecule has 0 radical (unpaired) electrons. The van der Waals surface area contributed by atoms with Gasteiger partial charge in [0.1, 0.15) is 11.6 Å². The first-order valence-electron chi connectivity index (χ1n) is 5.73. The first-order valence-corrected chi connectivity index (χ1v) is 6.72. The number of rotatable bonds is 4. The summed E-state index contributed by atoms with van der Waals surface area (Å²) in [5.74, 6) is -1.33. The highest BCUT2D eigenvalue weighted by molar-refractivity contribution is 7.98. The van der Waals surface area contributed by atoms with E-state index in [0.717, 1.165) is 6.07 Å². The molecule has 20 heavy (non-hydrogen) atoms. The van der Waals surface area contributed by atoms with Crippen LogP contribution >= 0.6 is 11.8 Å². The maximum Gasteiger partial charge on any atom is 0.248 e. The van der Waals surface area contributed by atoms with Gasteiger partial charge in [-0.3, -0.25) is 4.79 Å². The average Bonchev–Trinajstić information content (AvgIpc) is 2.40. The zero-order chi connectivity index (χ0) is 14.7. The normalized spacial score (nSPS) is 10.5. The lowest BCUT2D eigenvalue weighted by atomic mass is 10.1. The van der Waals surface area contributed by atoms with Crippen molar-refractivity contribution >= 4 is 23.4 Å². The summed E-state index contributed by atoms with van der Waals surface area (Å²) in [6.07, 6.45) is 0. The van der Waals surface area contributed by atoms with E-state index in [1.165, 1.54) is 42.1 Å². The second kappa shape index (κ2) is 5.92. The maximum atomic E-state index is 13.8. The average molecular weight is 294 g/mol. The molecule has 2 rings (SSSR count). The first-order chi connectivity index (χ1) is 9.47. The van der Waals surface area contributed by atoms with Crippen molar-refractivity contribution in [3.63, 3.8) is 0 Å². The van der Waals surface area contributed by atoms with Gasteiger partial charge in [0.15, 0.2) is 0 Å². The summed E-state index contributed by atoms with van der Waals surface area (Å²) in [7, 11) is 0. The van der Waals surface area contributed by atoms with Crippen LogP contribution in [-0.2, 0) is 5.75 Å².